The standard InChI is InChI=1S/C11H22N2/c1-10-2-5-13(6-3-10)7-4-11-8-12-9-11/h10-12H,2-9H2,1H3. The summed E-state index contributed by atoms with van der Waals surface area (Å²) in [5.41, 5.74) is 0. The molecule has 2 saturated heterocycles. The van der Waals surface area contributed by atoms with Crippen molar-refractivity contribution in [2.24, 2.45) is 11.8 Å². The van der Waals surface area contributed by atoms with Gasteiger partial charge in [0.2, 0.25) is 0 Å². The molecule has 2 rings (SSSR count). The van der Waals surface area contributed by atoms with Gasteiger partial charge in [0.15, 0.2) is 0 Å². The summed E-state index contributed by atoms with van der Waals surface area (Å²) in [6.45, 7) is 8.96. The molecule has 2 heterocycles. The minimum absolute atomic E-state index is 0.974. The first kappa shape index (κ1) is 9.47. The minimum Gasteiger partial charge on any atom is -0.316 e. The summed E-state index contributed by atoms with van der Waals surface area (Å²) in [5.74, 6) is 1.96. The largest absolute Gasteiger partial charge is 0.316 e. The fraction of sp³-hybridized carbons (Fsp3) is 1.00. The van der Waals surface area contributed by atoms with Gasteiger partial charge in [-0.3, -0.25) is 0 Å². The summed E-state index contributed by atoms with van der Waals surface area (Å²) < 4.78 is 0. The van der Waals surface area contributed by atoms with E-state index in [0.717, 1.165) is 11.8 Å². The molecular weight excluding hydrogens is 160 g/mol. The van der Waals surface area contributed by atoms with Crippen molar-refractivity contribution in [2.75, 3.05) is 32.7 Å². The smallest absolute Gasteiger partial charge is 0.000778 e. The van der Waals surface area contributed by atoms with Crippen molar-refractivity contribution in [1.82, 2.24) is 10.2 Å². The van der Waals surface area contributed by atoms with Crippen molar-refractivity contribution >= 4 is 0 Å². The topological polar surface area (TPSA) is 15.3 Å². The lowest BCUT2D eigenvalue weighted by molar-refractivity contribution is 0.171. The Labute approximate surface area is 81.7 Å². The minimum atomic E-state index is 0.974. The third-order valence-corrected chi connectivity index (χ3v) is 3.60. The highest BCUT2D eigenvalue weighted by Gasteiger charge is 2.19. The molecule has 0 aliphatic carbocycles. The van der Waals surface area contributed by atoms with Gasteiger partial charge in [-0.25, -0.2) is 0 Å². The molecule has 2 aliphatic rings. The van der Waals surface area contributed by atoms with E-state index in [4.69, 9.17) is 0 Å². The lowest BCUT2D eigenvalue weighted by Gasteiger charge is -2.33. The first-order chi connectivity index (χ1) is 6.34. The molecule has 0 radical (unpaired) electrons. The van der Waals surface area contributed by atoms with Crippen LogP contribution in [0.1, 0.15) is 26.2 Å². The Kier molecular flexibility index (Phi) is 3.23. The zero-order chi connectivity index (χ0) is 9.10. The van der Waals surface area contributed by atoms with Crippen LogP contribution in [0.15, 0.2) is 0 Å². The second kappa shape index (κ2) is 4.43. The zero-order valence-corrected chi connectivity index (χ0v) is 8.76. The second-order valence-electron chi connectivity index (χ2n) is 4.84. The molecule has 1 N–H and O–H groups in total. The highest BCUT2D eigenvalue weighted by atomic mass is 15.1. The molecule has 0 saturated carbocycles. The van der Waals surface area contributed by atoms with Gasteiger partial charge in [0.25, 0.3) is 0 Å². The van der Waals surface area contributed by atoms with Gasteiger partial charge in [-0.2, -0.15) is 0 Å². The van der Waals surface area contributed by atoms with Crippen LogP contribution in [0, 0.1) is 11.8 Å². The summed E-state index contributed by atoms with van der Waals surface area (Å²) in [6.07, 6.45) is 4.26. The highest BCUT2D eigenvalue weighted by Crippen LogP contribution is 2.17. The van der Waals surface area contributed by atoms with Crippen LogP contribution in [0.25, 0.3) is 0 Å². The maximum Gasteiger partial charge on any atom is -0.000778 e. The fourth-order valence-electron chi connectivity index (χ4n) is 2.20. The van der Waals surface area contributed by atoms with Gasteiger partial charge >= 0.3 is 0 Å². The molecule has 0 aromatic heterocycles. The van der Waals surface area contributed by atoms with Crippen LogP contribution in [-0.2, 0) is 0 Å². The summed E-state index contributed by atoms with van der Waals surface area (Å²) in [6, 6.07) is 0. The van der Waals surface area contributed by atoms with Gasteiger partial charge < -0.3 is 10.2 Å². The van der Waals surface area contributed by atoms with E-state index in [9.17, 15) is 0 Å². The number of nitrogens with one attached hydrogen (secondary N) is 1. The monoisotopic (exact) mass is 182 g/mol. The lowest BCUT2D eigenvalue weighted by Crippen LogP contribution is -2.44. The molecule has 2 heteroatoms. The van der Waals surface area contributed by atoms with Crippen molar-refractivity contribution in [2.45, 2.75) is 26.2 Å². The van der Waals surface area contributed by atoms with Gasteiger partial charge in [-0.05, 0) is 63.8 Å². The van der Waals surface area contributed by atoms with Gasteiger partial charge in [-0.1, -0.05) is 6.92 Å². The van der Waals surface area contributed by atoms with Crippen molar-refractivity contribution in [3.63, 3.8) is 0 Å². The Morgan fingerprint density at radius 3 is 2.46 bits per heavy atom. The molecular formula is C11H22N2. The van der Waals surface area contributed by atoms with Crippen molar-refractivity contribution in [3.05, 3.63) is 0 Å². The average molecular weight is 182 g/mol. The highest BCUT2D eigenvalue weighted by molar-refractivity contribution is 4.77. The van der Waals surface area contributed by atoms with E-state index < -0.39 is 0 Å². The molecule has 13 heavy (non-hydrogen) atoms. The van der Waals surface area contributed by atoms with Crippen LogP contribution in [0.4, 0.5) is 0 Å². The van der Waals surface area contributed by atoms with Crippen LogP contribution in [0.3, 0.4) is 0 Å². The number of piperidine rings is 1. The summed E-state index contributed by atoms with van der Waals surface area (Å²) in [5, 5.41) is 3.34. The number of likely N-dealkylation sites (tertiary alicyclic amines) is 1. The molecule has 0 aromatic carbocycles. The Bertz CT molecular complexity index is 146. The number of hydrogen-bond acceptors (Lipinski definition) is 2. The molecule has 2 fully saturated rings. The SMILES string of the molecule is CC1CCN(CCC2CNC2)CC1. The molecule has 0 amide bonds. The second-order valence-corrected chi connectivity index (χ2v) is 4.84. The predicted octanol–water partition coefficient (Wildman–Crippen LogP) is 1.33. The Hall–Kier alpha value is -0.0800. The third-order valence-electron chi connectivity index (χ3n) is 3.60. The molecule has 2 aliphatic heterocycles. The third kappa shape index (κ3) is 2.68. The van der Waals surface area contributed by atoms with E-state index in [1.807, 2.05) is 0 Å². The van der Waals surface area contributed by atoms with Gasteiger partial charge in [-0.15, -0.1) is 0 Å². The van der Waals surface area contributed by atoms with E-state index in [2.05, 4.69) is 17.1 Å². The summed E-state index contributed by atoms with van der Waals surface area (Å²) in [4.78, 5) is 2.65. The molecule has 0 aromatic rings. The van der Waals surface area contributed by atoms with Crippen LogP contribution in [0.5, 0.6) is 0 Å². The zero-order valence-electron chi connectivity index (χ0n) is 8.76. The van der Waals surface area contributed by atoms with E-state index in [-0.39, 0.29) is 0 Å². The van der Waals surface area contributed by atoms with E-state index in [1.165, 1.54) is 52.0 Å². The quantitative estimate of drug-likeness (QED) is 0.708. The molecule has 2 nitrogen and oxygen atoms in total. The first-order valence-corrected chi connectivity index (χ1v) is 5.77. The molecule has 0 atom stereocenters. The van der Waals surface area contributed by atoms with Gasteiger partial charge in [0.1, 0.15) is 0 Å². The van der Waals surface area contributed by atoms with Gasteiger partial charge in [0, 0.05) is 0 Å². The molecule has 76 valence electrons. The predicted molar refractivity (Wildman–Crippen MR) is 55.8 cm³/mol. The van der Waals surface area contributed by atoms with Crippen molar-refractivity contribution in [1.29, 1.82) is 0 Å². The van der Waals surface area contributed by atoms with E-state index in [1.54, 1.807) is 0 Å². The van der Waals surface area contributed by atoms with Crippen LogP contribution >= 0.6 is 0 Å². The van der Waals surface area contributed by atoms with Crippen molar-refractivity contribution < 1.29 is 0 Å². The molecule has 0 bridgehead atoms. The van der Waals surface area contributed by atoms with Crippen LogP contribution in [-0.4, -0.2) is 37.6 Å². The van der Waals surface area contributed by atoms with E-state index in [0.29, 0.717) is 0 Å². The van der Waals surface area contributed by atoms with Crippen molar-refractivity contribution in [3.8, 4) is 0 Å². The fourth-order valence-corrected chi connectivity index (χ4v) is 2.20. The number of hydrogen-bond donors (Lipinski definition) is 1. The maximum atomic E-state index is 3.34. The average Bonchev–Trinajstić information content (AvgIpc) is 2.05. The first-order valence-electron chi connectivity index (χ1n) is 5.77. The normalized spacial score (nSPS) is 27.5. The van der Waals surface area contributed by atoms with Crippen LogP contribution < -0.4 is 5.32 Å². The van der Waals surface area contributed by atoms with E-state index >= 15 is 0 Å². The van der Waals surface area contributed by atoms with Crippen LogP contribution in [0.2, 0.25) is 0 Å². The Morgan fingerprint density at radius 2 is 1.92 bits per heavy atom. The summed E-state index contributed by atoms with van der Waals surface area (Å²) >= 11 is 0. The number of nitrogens with zero attached hydrogens (tertiary/aromatic N) is 1. The van der Waals surface area contributed by atoms with Gasteiger partial charge in [0.05, 0.1) is 0 Å². The Morgan fingerprint density at radius 1 is 1.23 bits per heavy atom. The maximum absolute atomic E-state index is 3.34. The number of rotatable bonds is 3. The lowest BCUT2D eigenvalue weighted by atomic mass is 9.96. The summed E-state index contributed by atoms with van der Waals surface area (Å²) in [7, 11) is 0. The molecule has 0 spiro atoms. The Balaban J connectivity index is 1.59. The molecule has 0 unspecified atom stereocenters.